The number of aliphatic hydroxyl groups is 1. The zero-order valence-electron chi connectivity index (χ0n) is 9.68. The van der Waals surface area contributed by atoms with E-state index < -0.39 is 0 Å². The number of carbonyl (C=O) groups excluding carboxylic acids is 1. The van der Waals surface area contributed by atoms with Crippen LogP contribution in [-0.2, 0) is 4.79 Å². The van der Waals surface area contributed by atoms with Crippen molar-refractivity contribution < 1.29 is 9.90 Å². The Morgan fingerprint density at radius 1 is 1.33 bits per heavy atom. The summed E-state index contributed by atoms with van der Waals surface area (Å²) in [5.74, 6) is 0.217. The highest BCUT2D eigenvalue weighted by atomic mass is 16.3. The summed E-state index contributed by atoms with van der Waals surface area (Å²) in [6, 6.07) is 0. The Balaban J connectivity index is 2.03. The van der Waals surface area contributed by atoms with Gasteiger partial charge in [-0.15, -0.1) is 0 Å². The van der Waals surface area contributed by atoms with Crippen LogP contribution in [-0.4, -0.2) is 23.2 Å². The van der Waals surface area contributed by atoms with Crippen LogP contribution in [0.4, 0.5) is 0 Å². The van der Waals surface area contributed by atoms with E-state index in [9.17, 15) is 9.90 Å². The molecule has 2 rings (SSSR count). The Hall–Kier alpha value is -0.570. The summed E-state index contributed by atoms with van der Waals surface area (Å²) in [6.45, 7) is 4.14. The van der Waals surface area contributed by atoms with Gasteiger partial charge in [0.25, 0.3) is 0 Å². The van der Waals surface area contributed by atoms with E-state index in [0.717, 1.165) is 32.1 Å². The molecule has 2 aliphatic carbocycles. The fourth-order valence-electron chi connectivity index (χ4n) is 3.12. The van der Waals surface area contributed by atoms with Gasteiger partial charge in [-0.1, -0.05) is 13.8 Å². The third kappa shape index (κ3) is 1.78. The van der Waals surface area contributed by atoms with Gasteiger partial charge in [-0.3, -0.25) is 4.79 Å². The van der Waals surface area contributed by atoms with Crippen molar-refractivity contribution in [2.24, 2.45) is 11.3 Å². The van der Waals surface area contributed by atoms with Crippen LogP contribution >= 0.6 is 0 Å². The maximum Gasteiger partial charge on any atom is 0.222 e. The summed E-state index contributed by atoms with van der Waals surface area (Å²) in [5, 5.41) is 12.6. The summed E-state index contributed by atoms with van der Waals surface area (Å²) >= 11 is 0. The van der Waals surface area contributed by atoms with Crippen molar-refractivity contribution in [3.8, 4) is 0 Å². The van der Waals surface area contributed by atoms with Gasteiger partial charge >= 0.3 is 0 Å². The molecule has 3 heteroatoms. The van der Waals surface area contributed by atoms with E-state index in [0.29, 0.717) is 0 Å². The van der Waals surface area contributed by atoms with Gasteiger partial charge in [0, 0.05) is 18.1 Å². The number of hydrogen-bond donors (Lipinski definition) is 2. The molecule has 0 aromatic carbocycles. The van der Waals surface area contributed by atoms with Crippen molar-refractivity contribution in [3.05, 3.63) is 0 Å². The molecule has 3 nitrogen and oxygen atoms in total. The second-order valence-electron chi connectivity index (χ2n) is 5.76. The smallest absolute Gasteiger partial charge is 0.222 e. The maximum absolute atomic E-state index is 11.7. The van der Waals surface area contributed by atoms with Crippen LogP contribution in [0.3, 0.4) is 0 Å². The minimum Gasteiger partial charge on any atom is -0.396 e. The van der Waals surface area contributed by atoms with Crippen LogP contribution in [0.2, 0.25) is 0 Å². The largest absolute Gasteiger partial charge is 0.396 e. The molecule has 0 heterocycles. The van der Waals surface area contributed by atoms with Crippen molar-refractivity contribution in [1.29, 1.82) is 0 Å². The summed E-state index contributed by atoms with van der Waals surface area (Å²) in [5.41, 5.74) is 0.147. The van der Waals surface area contributed by atoms with Gasteiger partial charge in [0.1, 0.15) is 0 Å². The Morgan fingerprint density at radius 2 is 1.93 bits per heavy atom. The molecule has 2 aliphatic rings. The van der Waals surface area contributed by atoms with E-state index in [2.05, 4.69) is 5.32 Å². The van der Waals surface area contributed by atoms with Gasteiger partial charge in [0.05, 0.1) is 0 Å². The lowest BCUT2D eigenvalue weighted by Crippen LogP contribution is -2.46. The quantitative estimate of drug-likeness (QED) is 0.742. The topological polar surface area (TPSA) is 49.3 Å². The van der Waals surface area contributed by atoms with Crippen molar-refractivity contribution >= 4 is 5.91 Å². The molecule has 2 fully saturated rings. The molecule has 0 aromatic heterocycles. The monoisotopic (exact) mass is 211 g/mol. The standard InChI is InChI=1S/C12H21NO2/c1-9(2)10(15)13-12-5-3-11(7-12,8-14)4-6-12/h9,14H,3-8H2,1-2H3,(H,13,15). The Kier molecular flexibility index (Phi) is 2.53. The third-order valence-corrected chi connectivity index (χ3v) is 4.23. The molecular formula is C12H21NO2. The van der Waals surface area contributed by atoms with Crippen molar-refractivity contribution in [1.82, 2.24) is 5.32 Å². The molecule has 0 saturated heterocycles. The fraction of sp³-hybridized carbons (Fsp3) is 0.917. The van der Waals surface area contributed by atoms with E-state index in [1.807, 2.05) is 13.8 Å². The highest BCUT2D eigenvalue weighted by Crippen LogP contribution is 2.56. The normalized spacial score (nSPS) is 38.7. The number of amides is 1. The van der Waals surface area contributed by atoms with Gasteiger partial charge in [0.15, 0.2) is 0 Å². The highest BCUT2D eigenvalue weighted by molar-refractivity contribution is 5.78. The second-order valence-corrected chi connectivity index (χ2v) is 5.76. The lowest BCUT2D eigenvalue weighted by molar-refractivity contribution is -0.125. The van der Waals surface area contributed by atoms with Crippen LogP contribution < -0.4 is 5.32 Å². The van der Waals surface area contributed by atoms with E-state index >= 15 is 0 Å². The van der Waals surface area contributed by atoms with Crippen LogP contribution in [0.25, 0.3) is 0 Å². The highest BCUT2D eigenvalue weighted by Gasteiger charge is 2.54. The Bertz CT molecular complexity index is 265. The number of fused-ring (bicyclic) bond motifs is 2. The lowest BCUT2D eigenvalue weighted by atomic mass is 9.85. The SMILES string of the molecule is CC(C)C(=O)NC12CCC(CO)(CC1)C2. The number of carbonyl (C=O) groups is 1. The van der Waals surface area contributed by atoms with Gasteiger partial charge in [-0.05, 0) is 37.5 Å². The average molecular weight is 211 g/mol. The lowest BCUT2D eigenvalue weighted by Gasteiger charge is -2.29. The molecule has 2 saturated carbocycles. The summed E-state index contributed by atoms with van der Waals surface area (Å²) in [7, 11) is 0. The molecule has 15 heavy (non-hydrogen) atoms. The number of aliphatic hydroxyl groups excluding tert-OH is 1. The van der Waals surface area contributed by atoms with E-state index in [-0.39, 0.29) is 29.4 Å². The molecule has 0 atom stereocenters. The predicted molar refractivity (Wildman–Crippen MR) is 58.3 cm³/mol. The minimum atomic E-state index is 0.0179. The average Bonchev–Trinajstić information content (AvgIpc) is 2.73. The molecule has 0 spiro atoms. The number of hydrogen-bond acceptors (Lipinski definition) is 2. The molecule has 0 aromatic rings. The molecular weight excluding hydrogens is 190 g/mol. The zero-order chi connectivity index (χ0) is 11.1. The van der Waals surface area contributed by atoms with E-state index in [1.165, 1.54) is 0 Å². The van der Waals surface area contributed by atoms with Gasteiger partial charge in [-0.2, -0.15) is 0 Å². The summed E-state index contributed by atoms with van der Waals surface area (Å²) in [6.07, 6.45) is 5.22. The predicted octanol–water partition coefficient (Wildman–Crippen LogP) is 1.45. The zero-order valence-corrected chi connectivity index (χ0v) is 9.68. The number of rotatable bonds is 3. The molecule has 2 N–H and O–H groups in total. The Morgan fingerprint density at radius 3 is 2.33 bits per heavy atom. The van der Waals surface area contributed by atoms with Crippen molar-refractivity contribution in [3.63, 3.8) is 0 Å². The van der Waals surface area contributed by atoms with Gasteiger partial charge < -0.3 is 10.4 Å². The fourth-order valence-corrected chi connectivity index (χ4v) is 3.12. The van der Waals surface area contributed by atoms with Crippen molar-refractivity contribution in [2.75, 3.05) is 6.61 Å². The molecule has 1 amide bonds. The van der Waals surface area contributed by atoms with Crippen LogP contribution in [0, 0.1) is 11.3 Å². The van der Waals surface area contributed by atoms with Crippen LogP contribution in [0.5, 0.6) is 0 Å². The third-order valence-electron chi connectivity index (χ3n) is 4.23. The summed E-state index contributed by atoms with van der Waals surface area (Å²) in [4.78, 5) is 11.7. The first-order chi connectivity index (χ1) is 7.01. The number of nitrogens with one attached hydrogen (secondary N) is 1. The molecule has 2 bridgehead atoms. The van der Waals surface area contributed by atoms with Crippen LogP contribution in [0.15, 0.2) is 0 Å². The molecule has 86 valence electrons. The van der Waals surface area contributed by atoms with Crippen molar-refractivity contribution in [2.45, 2.75) is 51.5 Å². The van der Waals surface area contributed by atoms with Gasteiger partial charge in [0.2, 0.25) is 5.91 Å². The van der Waals surface area contributed by atoms with Crippen LogP contribution in [0.1, 0.15) is 46.0 Å². The second kappa shape index (κ2) is 3.48. The minimum absolute atomic E-state index is 0.0179. The van der Waals surface area contributed by atoms with E-state index in [1.54, 1.807) is 0 Å². The molecule has 0 unspecified atom stereocenters. The molecule has 0 radical (unpaired) electrons. The Labute approximate surface area is 91.2 Å². The summed E-state index contributed by atoms with van der Waals surface area (Å²) < 4.78 is 0. The van der Waals surface area contributed by atoms with Gasteiger partial charge in [-0.25, -0.2) is 0 Å². The first kappa shape index (κ1) is 10.9. The molecule has 0 aliphatic heterocycles. The van der Waals surface area contributed by atoms with E-state index in [4.69, 9.17) is 0 Å². The first-order valence-corrected chi connectivity index (χ1v) is 5.94. The first-order valence-electron chi connectivity index (χ1n) is 5.94. The maximum atomic E-state index is 11.7.